The van der Waals surface area contributed by atoms with Gasteiger partial charge in [0.15, 0.2) is 0 Å². The summed E-state index contributed by atoms with van der Waals surface area (Å²) in [6.45, 7) is 7.42. The Kier molecular flexibility index (Phi) is 5.24. The zero-order valence-corrected chi connectivity index (χ0v) is 9.15. The molecule has 0 unspecified atom stereocenters. The zero-order chi connectivity index (χ0) is 10.9. The molecule has 0 aromatic carbocycles. The molecule has 0 nitrogen and oxygen atoms in total. The van der Waals surface area contributed by atoms with Crippen LogP contribution in [0, 0.1) is 0 Å². The number of hydrogen-bond donors (Lipinski definition) is 0. The van der Waals surface area contributed by atoms with Crippen LogP contribution in [0.1, 0.15) is 19.3 Å². The maximum absolute atomic E-state index is 3.80. The average molecular weight is 198 g/mol. The normalized spacial score (nSPS) is 19.7. The Balaban J connectivity index is 2.59. The lowest BCUT2D eigenvalue weighted by Crippen LogP contribution is -1.91. The topological polar surface area (TPSA) is 0 Å². The molecule has 0 heteroatoms. The van der Waals surface area contributed by atoms with Gasteiger partial charge in [-0.3, -0.25) is 0 Å². The fraction of sp³-hybridized carbons (Fsp3) is 0.200. The van der Waals surface area contributed by atoms with Gasteiger partial charge in [-0.15, -0.1) is 0 Å². The molecule has 0 spiro atoms. The highest BCUT2D eigenvalue weighted by Gasteiger charge is 2.02. The fourth-order valence-electron chi connectivity index (χ4n) is 1.56. The third-order valence-electron chi connectivity index (χ3n) is 2.34. The van der Waals surface area contributed by atoms with Crippen molar-refractivity contribution >= 4 is 0 Å². The van der Waals surface area contributed by atoms with Crippen LogP contribution in [0.15, 0.2) is 72.9 Å². The first-order chi connectivity index (χ1) is 7.36. The van der Waals surface area contributed by atoms with Crippen LogP contribution in [-0.4, -0.2) is 0 Å². The van der Waals surface area contributed by atoms with E-state index in [4.69, 9.17) is 0 Å². The van der Waals surface area contributed by atoms with E-state index in [0.717, 1.165) is 0 Å². The minimum atomic E-state index is 1.17. The summed E-state index contributed by atoms with van der Waals surface area (Å²) in [5, 5.41) is 0. The van der Waals surface area contributed by atoms with Gasteiger partial charge < -0.3 is 0 Å². The van der Waals surface area contributed by atoms with Gasteiger partial charge in [-0.25, -0.2) is 0 Å². The van der Waals surface area contributed by atoms with Crippen LogP contribution >= 0.6 is 0 Å². The summed E-state index contributed by atoms with van der Waals surface area (Å²) in [5.41, 5.74) is 2.74. The first-order valence-electron chi connectivity index (χ1n) is 5.34. The Hall–Kier alpha value is -1.56. The Morgan fingerprint density at radius 3 is 2.53 bits per heavy atom. The molecule has 0 aromatic heterocycles. The second-order valence-corrected chi connectivity index (χ2v) is 3.52. The van der Waals surface area contributed by atoms with Gasteiger partial charge >= 0.3 is 0 Å². The lowest BCUT2D eigenvalue weighted by molar-refractivity contribution is 0.798. The van der Waals surface area contributed by atoms with E-state index in [1.807, 2.05) is 24.3 Å². The first kappa shape index (κ1) is 11.5. The Bertz CT molecular complexity index is 335. The van der Waals surface area contributed by atoms with E-state index in [1.165, 1.54) is 30.4 Å². The van der Waals surface area contributed by atoms with Gasteiger partial charge in [-0.2, -0.15) is 0 Å². The highest BCUT2D eigenvalue weighted by Crippen LogP contribution is 2.22. The number of allylic oxidation sites excluding steroid dienone is 10. The third kappa shape index (κ3) is 4.46. The molecule has 0 amide bonds. The summed E-state index contributed by atoms with van der Waals surface area (Å²) in [6.07, 6.45) is 19.7. The minimum Gasteiger partial charge on any atom is -0.0991 e. The van der Waals surface area contributed by atoms with E-state index >= 15 is 0 Å². The molecule has 0 atom stereocenters. The van der Waals surface area contributed by atoms with Crippen molar-refractivity contribution in [3.63, 3.8) is 0 Å². The van der Waals surface area contributed by atoms with Crippen molar-refractivity contribution in [3.05, 3.63) is 72.9 Å². The molecular formula is C15H18. The van der Waals surface area contributed by atoms with Crippen molar-refractivity contribution in [1.82, 2.24) is 0 Å². The van der Waals surface area contributed by atoms with Gasteiger partial charge in [0, 0.05) is 0 Å². The van der Waals surface area contributed by atoms with E-state index in [2.05, 4.69) is 31.4 Å². The van der Waals surface area contributed by atoms with Crippen molar-refractivity contribution in [1.29, 1.82) is 0 Å². The van der Waals surface area contributed by atoms with Crippen LogP contribution < -0.4 is 0 Å². The minimum absolute atomic E-state index is 1.17. The predicted molar refractivity (Wildman–Crippen MR) is 68.7 cm³/mol. The fourth-order valence-corrected chi connectivity index (χ4v) is 1.56. The number of rotatable bonds is 4. The van der Waals surface area contributed by atoms with E-state index in [-0.39, 0.29) is 0 Å². The molecule has 0 saturated carbocycles. The highest BCUT2D eigenvalue weighted by molar-refractivity contribution is 5.34. The summed E-state index contributed by atoms with van der Waals surface area (Å²) in [5.74, 6) is 0. The predicted octanol–water partition coefficient (Wildman–Crippen LogP) is 4.51. The monoisotopic (exact) mass is 198 g/mol. The van der Waals surface area contributed by atoms with E-state index in [1.54, 1.807) is 6.08 Å². The summed E-state index contributed by atoms with van der Waals surface area (Å²) in [4.78, 5) is 0. The average Bonchev–Trinajstić information content (AvgIpc) is 2.29. The van der Waals surface area contributed by atoms with E-state index in [0.29, 0.717) is 0 Å². The summed E-state index contributed by atoms with van der Waals surface area (Å²) in [7, 11) is 0. The van der Waals surface area contributed by atoms with Crippen LogP contribution in [0.2, 0.25) is 0 Å². The molecule has 0 aromatic rings. The van der Waals surface area contributed by atoms with Crippen LogP contribution in [0.3, 0.4) is 0 Å². The maximum Gasteiger partial charge on any atom is -0.0276 e. The smallest absolute Gasteiger partial charge is 0.0276 e. The molecule has 0 aliphatic heterocycles. The molecule has 0 heterocycles. The van der Waals surface area contributed by atoms with Crippen molar-refractivity contribution in [2.24, 2.45) is 0 Å². The van der Waals surface area contributed by atoms with E-state index in [9.17, 15) is 0 Å². The molecule has 0 fully saturated rings. The Labute approximate surface area is 92.7 Å². The zero-order valence-electron chi connectivity index (χ0n) is 9.15. The van der Waals surface area contributed by atoms with Crippen molar-refractivity contribution < 1.29 is 0 Å². The molecule has 0 N–H and O–H groups in total. The van der Waals surface area contributed by atoms with E-state index < -0.39 is 0 Å². The van der Waals surface area contributed by atoms with Crippen LogP contribution in [0.5, 0.6) is 0 Å². The maximum atomic E-state index is 3.80. The van der Waals surface area contributed by atoms with Gasteiger partial charge in [0.2, 0.25) is 0 Å². The summed E-state index contributed by atoms with van der Waals surface area (Å²) < 4.78 is 0. The molecule has 1 aliphatic carbocycles. The SMILES string of the molecule is C=C\C=C/C=C\C=C1/C=C(C=C)CCC1. The van der Waals surface area contributed by atoms with Crippen LogP contribution in [0.4, 0.5) is 0 Å². The second kappa shape index (κ2) is 6.83. The Morgan fingerprint density at radius 1 is 1.00 bits per heavy atom. The first-order valence-corrected chi connectivity index (χ1v) is 5.34. The largest absolute Gasteiger partial charge is 0.0991 e. The standard InChI is InChI=1S/C15H18/c1-3-5-6-7-8-10-15-12-9-11-14(4-2)13-15/h3-8,10,13H,1-2,9,11-12H2/b6-5-,8-7-,15-10-. The molecule has 78 valence electrons. The van der Waals surface area contributed by atoms with Crippen LogP contribution in [0.25, 0.3) is 0 Å². The van der Waals surface area contributed by atoms with Gasteiger partial charge in [0.1, 0.15) is 0 Å². The quantitative estimate of drug-likeness (QED) is 0.583. The molecular weight excluding hydrogens is 180 g/mol. The van der Waals surface area contributed by atoms with Gasteiger partial charge in [0.05, 0.1) is 0 Å². The summed E-state index contributed by atoms with van der Waals surface area (Å²) in [6, 6.07) is 0. The molecule has 0 saturated heterocycles. The molecule has 1 aliphatic rings. The van der Waals surface area contributed by atoms with Gasteiger partial charge in [0.25, 0.3) is 0 Å². The van der Waals surface area contributed by atoms with Crippen molar-refractivity contribution in [2.45, 2.75) is 19.3 Å². The summed E-state index contributed by atoms with van der Waals surface area (Å²) >= 11 is 0. The Morgan fingerprint density at radius 2 is 1.80 bits per heavy atom. The molecule has 1 rings (SSSR count). The van der Waals surface area contributed by atoms with Crippen molar-refractivity contribution in [3.8, 4) is 0 Å². The molecule has 0 radical (unpaired) electrons. The van der Waals surface area contributed by atoms with Crippen molar-refractivity contribution in [2.75, 3.05) is 0 Å². The third-order valence-corrected chi connectivity index (χ3v) is 2.34. The molecule has 15 heavy (non-hydrogen) atoms. The highest BCUT2D eigenvalue weighted by atomic mass is 14.1. The molecule has 0 bridgehead atoms. The second-order valence-electron chi connectivity index (χ2n) is 3.52. The lowest BCUT2D eigenvalue weighted by Gasteiger charge is -2.11. The van der Waals surface area contributed by atoms with Crippen LogP contribution in [-0.2, 0) is 0 Å². The number of hydrogen-bond acceptors (Lipinski definition) is 0. The van der Waals surface area contributed by atoms with Gasteiger partial charge in [-0.1, -0.05) is 61.8 Å². The lowest BCUT2D eigenvalue weighted by atomic mass is 9.95. The van der Waals surface area contributed by atoms with Gasteiger partial charge in [-0.05, 0) is 30.4 Å².